The van der Waals surface area contributed by atoms with Gasteiger partial charge in [0.25, 0.3) is 0 Å². The van der Waals surface area contributed by atoms with E-state index < -0.39 is 0 Å². The highest BCUT2D eigenvalue weighted by Gasteiger charge is 2.14. The quantitative estimate of drug-likeness (QED) is 0.786. The Kier molecular flexibility index (Phi) is 5.64. The highest BCUT2D eigenvalue weighted by atomic mass is 79.9. The van der Waals surface area contributed by atoms with Crippen LogP contribution in [0.1, 0.15) is 0 Å². The lowest BCUT2D eigenvalue weighted by atomic mass is 10.2. The van der Waals surface area contributed by atoms with Gasteiger partial charge in [-0.05, 0) is 12.1 Å². The summed E-state index contributed by atoms with van der Waals surface area (Å²) in [5.74, 6) is 0.573. The van der Waals surface area contributed by atoms with Crippen LogP contribution in [0, 0.1) is 0 Å². The number of hydrogen-bond donors (Lipinski definition) is 0. The zero-order valence-corrected chi connectivity index (χ0v) is 12.6. The van der Waals surface area contributed by atoms with Crippen molar-refractivity contribution in [2.75, 3.05) is 35.2 Å². The van der Waals surface area contributed by atoms with Gasteiger partial charge in [-0.3, -0.25) is 4.48 Å². The van der Waals surface area contributed by atoms with E-state index in [0.717, 1.165) is 5.69 Å². The molecule has 1 aromatic carbocycles. The Morgan fingerprint density at radius 3 is 2.29 bits per heavy atom. The van der Waals surface area contributed by atoms with E-state index in [2.05, 4.69) is 21.1 Å². The Morgan fingerprint density at radius 2 is 1.82 bits per heavy atom. The third-order valence-electron chi connectivity index (χ3n) is 2.16. The first-order valence-corrected chi connectivity index (χ1v) is 5.12. The van der Waals surface area contributed by atoms with E-state index in [-0.39, 0.29) is 23.1 Å². The number of ether oxygens (including phenoxy) is 1. The molecule has 0 spiro atoms. The third-order valence-corrected chi connectivity index (χ3v) is 2.16. The monoisotopic (exact) mass is 303 g/mol. The Labute approximate surface area is 113 Å². The summed E-state index contributed by atoms with van der Waals surface area (Å²) in [6.45, 7) is 0. The Morgan fingerprint density at radius 1 is 1.24 bits per heavy atom. The summed E-state index contributed by atoms with van der Waals surface area (Å²) in [6.07, 6.45) is -0.362. The molecule has 1 rings (SSSR count). The Hall–Kier alpha value is -1.07. The lowest BCUT2D eigenvalue weighted by Crippen LogP contribution is -2.34. The first kappa shape index (κ1) is 15.9. The smallest absolute Gasteiger partial charge is 0.410 e. The molecule has 0 aromatic heterocycles. The normalized spacial score (nSPS) is 10.4. The van der Waals surface area contributed by atoms with Gasteiger partial charge in [0.05, 0.1) is 21.1 Å². The minimum Gasteiger partial charge on any atom is -0.410 e. The van der Waals surface area contributed by atoms with Gasteiger partial charge in [0.1, 0.15) is 11.4 Å². The van der Waals surface area contributed by atoms with Crippen LogP contribution in [0.25, 0.3) is 0 Å². The van der Waals surface area contributed by atoms with Gasteiger partial charge in [0, 0.05) is 20.2 Å². The van der Waals surface area contributed by atoms with Gasteiger partial charge in [0.2, 0.25) is 0 Å². The fraction of sp³-hybridized carbons (Fsp3) is 0.417. The lowest BCUT2D eigenvalue weighted by molar-refractivity contribution is 0.172. The molecule has 0 saturated carbocycles. The van der Waals surface area contributed by atoms with E-state index in [1.54, 1.807) is 20.2 Å². The molecule has 17 heavy (non-hydrogen) atoms. The first-order chi connectivity index (χ1) is 7.30. The summed E-state index contributed by atoms with van der Waals surface area (Å²) in [7, 11) is 9.50. The van der Waals surface area contributed by atoms with E-state index in [4.69, 9.17) is 4.74 Å². The molecular formula is C12H20BrN2O2+. The maximum atomic E-state index is 11.4. The van der Waals surface area contributed by atoms with E-state index in [9.17, 15) is 4.79 Å². The van der Waals surface area contributed by atoms with Crippen LogP contribution in [0.2, 0.25) is 0 Å². The minimum atomic E-state index is -0.362. The van der Waals surface area contributed by atoms with Gasteiger partial charge >= 0.3 is 6.09 Å². The molecule has 1 amide bonds. The van der Waals surface area contributed by atoms with Crippen molar-refractivity contribution in [2.45, 2.75) is 0 Å². The number of carbonyl (C=O) groups excluding carboxylic acids is 1. The van der Waals surface area contributed by atoms with Gasteiger partial charge in [-0.15, -0.1) is 17.0 Å². The molecule has 0 heterocycles. The molecule has 1 aromatic rings. The summed E-state index contributed by atoms with van der Waals surface area (Å²) in [6, 6.07) is 7.55. The molecule has 4 nitrogen and oxygen atoms in total. The van der Waals surface area contributed by atoms with Gasteiger partial charge in [0.15, 0.2) is 0 Å². The fourth-order valence-electron chi connectivity index (χ4n) is 1.16. The molecule has 0 saturated heterocycles. The number of rotatable bonds is 2. The highest BCUT2D eigenvalue weighted by molar-refractivity contribution is 8.93. The van der Waals surface area contributed by atoms with Gasteiger partial charge < -0.3 is 9.64 Å². The van der Waals surface area contributed by atoms with Crippen LogP contribution < -0.4 is 9.22 Å². The Bertz CT molecular complexity index is 386. The number of nitrogens with zero attached hydrogens (tertiary/aromatic N) is 2. The zero-order chi connectivity index (χ0) is 12.3. The molecule has 0 aliphatic carbocycles. The second kappa shape index (κ2) is 6.02. The second-order valence-electron chi connectivity index (χ2n) is 4.77. The van der Waals surface area contributed by atoms with Crippen LogP contribution in [-0.4, -0.2) is 46.2 Å². The van der Waals surface area contributed by atoms with Crippen molar-refractivity contribution < 1.29 is 9.53 Å². The zero-order valence-electron chi connectivity index (χ0n) is 10.9. The Balaban J connectivity index is 0.00000256. The van der Waals surface area contributed by atoms with Crippen molar-refractivity contribution in [1.82, 2.24) is 9.38 Å². The SMILES string of the molecule is Br.CN(C)C(=O)Oc1cccc([N+](C)(C)C)c1. The maximum Gasteiger partial charge on any atom is 0.414 e. The van der Waals surface area contributed by atoms with E-state index in [0.29, 0.717) is 10.2 Å². The number of carbonyl (C=O) groups is 1. The molecule has 5 heteroatoms. The first-order valence-electron chi connectivity index (χ1n) is 5.12. The molecule has 0 aliphatic rings. The number of hydrogen-bond acceptors (Lipinski definition) is 2. The van der Waals surface area contributed by atoms with Crippen molar-refractivity contribution in [3.63, 3.8) is 0 Å². The topological polar surface area (TPSA) is 29.5 Å². The molecule has 0 N–H and O–H groups in total. The van der Waals surface area contributed by atoms with Crippen molar-refractivity contribution in [3.05, 3.63) is 24.3 Å². The maximum absolute atomic E-state index is 11.4. The van der Waals surface area contributed by atoms with E-state index in [1.807, 2.05) is 18.2 Å². The molecule has 0 aliphatic heterocycles. The van der Waals surface area contributed by atoms with Crippen molar-refractivity contribution >= 4 is 28.8 Å². The van der Waals surface area contributed by atoms with E-state index >= 15 is 0 Å². The van der Waals surface area contributed by atoms with Crippen LogP contribution in [0.15, 0.2) is 24.3 Å². The standard InChI is InChI=1S/C12H19N2O2.BrH/c1-13(2)12(15)16-11-8-6-7-10(9-11)14(3,4)5;/h6-9H,1-5H3;1H/q+1;. The fourth-order valence-corrected chi connectivity index (χ4v) is 1.16. The summed E-state index contributed by atoms with van der Waals surface area (Å²) >= 11 is 0. The molecule has 0 radical (unpaired) electrons. The average molecular weight is 304 g/mol. The van der Waals surface area contributed by atoms with Crippen LogP contribution >= 0.6 is 17.0 Å². The average Bonchev–Trinajstić information content (AvgIpc) is 2.16. The van der Waals surface area contributed by atoms with Gasteiger partial charge in [-0.1, -0.05) is 6.07 Å². The summed E-state index contributed by atoms with van der Waals surface area (Å²) in [4.78, 5) is 12.8. The van der Waals surface area contributed by atoms with Crippen molar-refractivity contribution in [2.24, 2.45) is 0 Å². The van der Waals surface area contributed by atoms with Gasteiger partial charge in [-0.2, -0.15) is 0 Å². The van der Waals surface area contributed by atoms with Gasteiger partial charge in [-0.25, -0.2) is 4.79 Å². The van der Waals surface area contributed by atoms with Crippen LogP contribution in [0.5, 0.6) is 5.75 Å². The summed E-state index contributed by atoms with van der Waals surface area (Å²) < 4.78 is 5.88. The van der Waals surface area contributed by atoms with Crippen LogP contribution in [0.4, 0.5) is 10.5 Å². The largest absolute Gasteiger partial charge is 0.414 e. The molecule has 0 bridgehead atoms. The van der Waals surface area contributed by atoms with Crippen LogP contribution in [0.3, 0.4) is 0 Å². The summed E-state index contributed by atoms with van der Waals surface area (Å²) in [5.41, 5.74) is 1.09. The van der Waals surface area contributed by atoms with E-state index in [1.165, 1.54) is 4.90 Å². The van der Waals surface area contributed by atoms with Crippen molar-refractivity contribution in [3.8, 4) is 5.75 Å². The molecule has 96 valence electrons. The second-order valence-corrected chi connectivity index (χ2v) is 4.77. The molecular weight excluding hydrogens is 284 g/mol. The highest BCUT2D eigenvalue weighted by Crippen LogP contribution is 2.22. The number of halogens is 1. The predicted molar refractivity (Wildman–Crippen MR) is 76.0 cm³/mol. The number of benzene rings is 1. The van der Waals surface area contributed by atoms with Crippen LogP contribution in [-0.2, 0) is 0 Å². The summed E-state index contributed by atoms with van der Waals surface area (Å²) in [5, 5.41) is 0. The molecule has 0 fully saturated rings. The molecule has 0 unspecified atom stereocenters. The molecule has 0 atom stereocenters. The number of quaternary nitrogens is 1. The third kappa shape index (κ3) is 4.75. The minimum absolute atomic E-state index is 0. The lowest BCUT2D eigenvalue weighted by Gasteiger charge is -2.23. The number of amides is 1. The van der Waals surface area contributed by atoms with Crippen molar-refractivity contribution in [1.29, 1.82) is 0 Å². The predicted octanol–water partition coefficient (Wildman–Crippen LogP) is 2.52.